The van der Waals surface area contributed by atoms with E-state index in [2.05, 4.69) is 25.0 Å². The van der Waals surface area contributed by atoms with E-state index in [1.54, 1.807) is 6.33 Å². The monoisotopic (exact) mass is 324 g/mol. The van der Waals surface area contributed by atoms with Gasteiger partial charge in [-0.15, -0.1) is 0 Å². The number of aromatic amines is 1. The van der Waals surface area contributed by atoms with Crippen molar-refractivity contribution in [1.82, 2.24) is 30.0 Å². The van der Waals surface area contributed by atoms with Crippen molar-refractivity contribution in [1.29, 1.82) is 0 Å². The molecular formula is C17H20N6O. The molecule has 0 spiro atoms. The summed E-state index contributed by atoms with van der Waals surface area (Å²) in [5, 5.41) is 4.01. The van der Waals surface area contributed by atoms with Gasteiger partial charge in [0, 0.05) is 24.6 Å². The highest BCUT2D eigenvalue weighted by Gasteiger charge is 2.28. The molecule has 0 bridgehead atoms. The maximum absolute atomic E-state index is 5.25. The van der Waals surface area contributed by atoms with E-state index < -0.39 is 0 Å². The molecule has 1 saturated heterocycles. The van der Waals surface area contributed by atoms with E-state index >= 15 is 0 Å². The summed E-state index contributed by atoms with van der Waals surface area (Å²) in [5.41, 5.74) is 3.90. The summed E-state index contributed by atoms with van der Waals surface area (Å²) < 4.78 is 5.25. The molecule has 4 rings (SSSR count). The van der Waals surface area contributed by atoms with Gasteiger partial charge in [0.2, 0.25) is 0 Å². The van der Waals surface area contributed by atoms with Gasteiger partial charge in [-0.25, -0.2) is 15.0 Å². The Kier molecular flexibility index (Phi) is 3.86. The standard InChI is InChI=1S/C17H20N6O/c1-11-16(12(2)24-22-11)17-19-6-5-14(21-17)15-4-3-7-23(15)9-13-8-18-10-20-13/h5-6,8,10,15H,3-4,7,9H2,1-2H3,(H,18,20). The van der Waals surface area contributed by atoms with Gasteiger partial charge < -0.3 is 9.51 Å². The Morgan fingerprint density at radius 2 is 2.29 bits per heavy atom. The predicted molar refractivity (Wildman–Crippen MR) is 88.0 cm³/mol. The van der Waals surface area contributed by atoms with E-state index in [0.717, 1.165) is 47.9 Å². The number of aryl methyl sites for hydroxylation is 2. The van der Waals surface area contributed by atoms with E-state index in [1.165, 1.54) is 6.42 Å². The fourth-order valence-electron chi connectivity index (χ4n) is 3.42. The summed E-state index contributed by atoms with van der Waals surface area (Å²) in [6.45, 7) is 5.73. The van der Waals surface area contributed by atoms with Crippen molar-refractivity contribution < 1.29 is 4.52 Å². The van der Waals surface area contributed by atoms with Crippen LogP contribution in [0.1, 0.15) is 41.7 Å². The number of hydrogen-bond acceptors (Lipinski definition) is 6. The van der Waals surface area contributed by atoms with Crippen LogP contribution in [0, 0.1) is 13.8 Å². The number of nitrogens with zero attached hydrogens (tertiary/aromatic N) is 5. The highest BCUT2D eigenvalue weighted by atomic mass is 16.5. The Labute approximate surface area is 140 Å². The zero-order chi connectivity index (χ0) is 16.5. The molecule has 1 unspecified atom stereocenters. The lowest BCUT2D eigenvalue weighted by atomic mass is 10.1. The summed E-state index contributed by atoms with van der Waals surface area (Å²) in [6, 6.07) is 2.31. The number of imidazole rings is 1. The van der Waals surface area contributed by atoms with Crippen LogP contribution in [0.15, 0.2) is 29.3 Å². The van der Waals surface area contributed by atoms with Gasteiger partial charge >= 0.3 is 0 Å². The van der Waals surface area contributed by atoms with Gasteiger partial charge in [-0.2, -0.15) is 0 Å². The average molecular weight is 324 g/mol. The van der Waals surface area contributed by atoms with E-state index in [-0.39, 0.29) is 0 Å². The van der Waals surface area contributed by atoms with Crippen LogP contribution >= 0.6 is 0 Å². The number of rotatable bonds is 4. The van der Waals surface area contributed by atoms with Gasteiger partial charge in [0.25, 0.3) is 0 Å². The Morgan fingerprint density at radius 3 is 3.04 bits per heavy atom. The molecule has 0 aliphatic carbocycles. The number of likely N-dealkylation sites (tertiary alicyclic amines) is 1. The van der Waals surface area contributed by atoms with Gasteiger partial charge in [-0.1, -0.05) is 5.16 Å². The number of nitrogens with one attached hydrogen (secondary N) is 1. The van der Waals surface area contributed by atoms with E-state index in [0.29, 0.717) is 11.9 Å². The Balaban J connectivity index is 1.63. The van der Waals surface area contributed by atoms with E-state index in [1.807, 2.05) is 32.3 Å². The Bertz CT molecular complexity index is 806. The normalized spacial score (nSPS) is 18.3. The van der Waals surface area contributed by atoms with Crippen LogP contribution in [-0.4, -0.2) is 36.5 Å². The second kappa shape index (κ2) is 6.16. The lowest BCUT2D eigenvalue weighted by molar-refractivity contribution is 0.242. The van der Waals surface area contributed by atoms with Crippen molar-refractivity contribution in [3.63, 3.8) is 0 Å². The third-order valence-corrected chi connectivity index (χ3v) is 4.57. The molecule has 124 valence electrons. The molecule has 0 saturated carbocycles. The quantitative estimate of drug-likeness (QED) is 0.794. The molecule has 24 heavy (non-hydrogen) atoms. The summed E-state index contributed by atoms with van der Waals surface area (Å²) in [5.74, 6) is 1.45. The fraction of sp³-hybridized carbons (Fsp3) is 0.412. The average Bonchev–Trinajstić information content (AvgIpc) is 3.31. The zero-order valence-electron chi connectivity index (χ0n) is 13.9. The number of H-pyrrole nitrogens is 1. The zero-order valence-corrected chi connectivity index (χ0v) is 13.9. The molecule has 1 aliphatic rings. The molecule has 0 aromatic carbocycles. The fourth-order valence-corrected chi connectivity index (χ4v) is 3.42. The van der Waals surface area contributed by atoms with Crippen molar-refractivity contribution in [2.75, 3.05) is 6.54 Å². The van der Waals surface area contributed by atoms with Crippen molar-refractivity contribution >= 4 is 0 Å². The van der Waals surface area contributed by atoms with E-state index in [9.17, 15) is 0 Å². The van der Waals surface area contributed by atoms with Crippen LogP contribution in [0.4, 0.5) is 0 Å². The van der Waals surface area contributed by atoms with Gasteiger partial charge in [-0.05, 0) is 39.3 Å². The minimum absolute atomic E-state index is 0.301. The highest BCUT2D eigenvalue weighted by molar-refractivity contribution is 5.59. The Morgan fingerprint density at radius 1 is 1.38 bits per heavy atom. The molecule has 4 heterocycles. The lowest BCUT2D eigenvalue weighted by Crippen LogP contribution is -2.23. The van der Waals surface area contributed by atoms with Crippen LogP contribution in [0.3, 0.4) is 0 Å². The Hall–Kier alpha value is -2.54. The first kappa shape index (κ1) is 15.0. The molecule has 1 aliphatic heterocycles. The first-order chi connectivity index (χ1) is 11.7. The first-order valence-corrected chi connectivity index (χ1v) is 8.20. The smallest absolute Gasteiger partial charge is 0.164 e. The molecule has 3 aromatic rings. The largest absolute Gasteiger partial charge is 0.361 e. The maximum atomic E-state index is 5.25. The molecule has 3 aromatic heterocycles. The summed E-state index contributed by atoms with van der Waals surface area (Å²) in [6.07, 6.45) is 7.71. The molecule has 1 fully saturated rings. The molecule has 1 N–H and O–H groups in total. The molecule has 1 atom stereocenters. The van der Waals surface area contributed by atoms with Crippen LogP contribution in [-0.2, 0) is 6.54 Å². The predicted octanol–water partition coefficient (Wildman–Crippen LogP) is 2.81. The second-order valence-corrected chi connectivity index (χ2v) is 6.21. The van der Waals surface area contributed by atoms with Crippen LogP contribution in [0.2, 0.25) is 0 Å². The van der Waals surface area contributed by atoms with Crippen molar-refractivity contribution in [3.8, 4) is 11.4 Å². The molecule has 7 heteroatoms. The second-order valence-electron chi connectivity index (χ2n) is 6.21. The topological polar surface area (TPSA) is 83.7 Å². The maximum Gasteiger partial charge on any atom is 0.164 e. The van der Waals surface area contributed by atoms with Gasteiger partial charge in [-0.3, -0.25) is 4.90 Å². The summed E-state index contributed by atoms with van der Waals surface area (Å²) >= 11 is 0. The van der Waals surface area contributed by atoms with Crippen molar-refractivity contribution in [3.05, 3.63) is 47.6 Å². The third-order valence-electron chi connectivity index (χ3n) is 4.57. The molecule has 0 radical (unpaired) electrons. The van der Waals surface area contributed by atoms with Crippen molar-refractivity contribution in [2.24, 2.45) is 0 Å². The van der Waals surface area contributed by atoms with Gasteiger partial charge in [0.15, 0.2) is 5.82 Å². The molecule has 0 amide bonds. The highest BCUT2D eigenvalue weighted by Crippen LogP contribution is 2.33. The number of aromatic nitrogens is 5. The van der Waals surface area contributed by atoms with Crippen molar-refractivity contribution in [2.45, 2.75) is 39.3 Å². The number of hydrogen-bond donors (Lipinski definition) is 1. The van der Waals surface area contributed by atoms with Gasteiger partial charge in [0.05, 0.1) is 29.3 Å². The lowest BCUT2D eigenvalue weighted by Gasteiger charge is -2.23. The first-order valence-electron chi connectivity index (χ1n) is 8.20. The van der Waals surface area contributed by atoms with E-state index in [4.69, 9.17) is 9.51 Å². The molecule has 7 nitrogen and oxygen atoms in total. The summed E-state index contributed by atoms with van der Waals surface area (Å²) in [7, 11) is 0. The van der Waals surface area contributed by atoms with Crippen LogP contribution in [0.5, 0.6) is 0 Å². The summed E-state index contributed by atoms with van der Waals surface area (Å²) in [4.78, 5) is 19.0. The van der Waals surface area contributed by atoms with Gasteiger partial charge in [0.1, 0.15) is 5.76 Å². The van der Waals surface area contributed by atoms with Crippen LogP contribution < -0.4 is 0 Å². The SMILES string of the molecule is Cc1noc(C)c1-c1nccc(C2CCCN2Cc2cnc[nH]2)n1. The minimum Gasteiger partial charge on any atom is -0.361 e. The third kappa shape index (κ3) is 2.71. The van der Waals surface area contributed by atoms with Crippen LogP contribution in [0.25, 0.3) is 11.4 Å². The molecular weight excluding hydrogens is 304 g/mol. The minimum atomic E-state index is 0.301.